The molecule has 6 rings (SSSR count). The average molecular weight is 577 g/mol. The van der Waals surface area contributed by atoms with Gasteiger partial charge in [0.15, 0.2) is 5.82 Å². The number of benzene rings is 2. The molecule has 2 fully saturated rings. The molecule has 4 aromatic rings. The quantitative estimate of drug-likeness (QED) is 0.262. The fourth-order valence-electron chi connectivity index (χ4n) is 5.58. The molecule has 0 amide bonds. The maximum absolute atomic E-state index is 14.0. The fourth-order valence-corrected chi connectivity index (χ4v) is 5.58. The lowest BCUT2D eigenvalue weighted by molar-refractivity contribution is -0.138. The minimum Gasteiger partial charge on any atom is -0.392 e. The Morgan fingerprint density at radius 1 is 0.881 bits per heavy atom. The lowest BCUT2D eigenvalue weighted by atomic mass is 9.90. The van der Waals surface area contributed by atoms with Crippen LogP contribution in [0.25, 0.3) is 0 Å². The Bertz CT molecular complexity index is 1480. The van der Waals surface area contributed by atoms with Crippen molar-refractivity contribution < 1.29 is 23.1 Å². The van der Waals surface area contributed by atoms with Gasteiger partial charge in [0.2, 0.25) is 5.95 Å². The summed E-state index contributed by atoms with van der Waals surface area (Å²) in [5, 5.41) is 13.5. The van der Waals surface area contributed by atoms with Gasteiger partial charge in [0, 0.05) is 37.6 Å². The molecule has 2 aliphatic rings. The first kappa shape index (κ1) is 27.9. The number of alkyl halides is 3. The molecule has 42 heavy (non-hydrogen) atoms. The zero-order valence-electron chi connectivity index (χ0n) is 22.8. The third kappa shape index (κ3) is 6.02. The van der Waals surface area contributed by atoms with E-state index < -0.39 is 17.8 Å². The molecule has 2 aliphatic heterocycles. The fraction of sp³-hybridized carbons (Fsp3) is 0.323. The number of aliphatic hydroxyl groups excluding tert-OH is 1. The van der Waals surface area contributed by atoms with Crippen LogP contribution in [0.15, 0.2) is 79.1 Å². The second kappa shape index (κ2) is 11.9. The van der Waals surface area contributed by atoms with Crippen molar-refractivity contribution in [1.29, 1.82) is 0 Å². The second-order valence-electron chi connectivity index (χ2n) is 10.5. The van der Waals surface area contributed by atoms with Crippen molar-refractivity contribution in [2.45, 2.75) is 44.0 Å². The number of halogens is 3. The molecule has 8 nitrogen and oxygen atoms in total. The van der Waals surface area contributed by atoms with Gasteiger partial charge in [0.1, 0.15) is 11.4 Å². The number of hydrogen-bond acceptors (Lipinski definition) is 8. The number of hydrogen-bond donors (Lipinski definition) is 2. The molecule has 2 N–H and O–H groups in total. The predicted molar refractivity (Wildman–Crippen MR) is 153 cm³/mol. The molecule has 2 aromatic heterocycles. The number of pyridine rings is 1. The highest BCUT2D eigenvalue weighted by Gasteiger charge is 2.40. The maximum Gasteiger partial charge on any atom is 0.421 e. The summed E-state index contributed by atoms with van der Waals surface area (Å²) in [6.45, 7) is 2.14. The van der Waals surface area contributed by atoms with E-state index in [1.807, 2.05) is 60.7 Å². The molecule has 0 aliphatic carbocycles. The number of hydroxylamine groups is 1. The van der Waals surface area contributed by atoms with E-state index in [9.17, 15) is 18.3 Å². The summed E-state index contributed by atoms with van der Waals surface area (Å²) in [6.07, 6.45) is 0.415. The molecule has 4 heterocycles. The van der Waals surface area contributed by atoms with E-state index in [0.29, 0.717) is 18.2 Å². The van der Waals surface area contributed by atoms with Crippen molar-refractivity contribution in [3.8, 4) is 0 Å². The van der Waals surface area contributed by atoms with Crippen LogP contribution < -0.4 is 15.3 Å². The molecule has 218 valence electrons. The molecule has 0 saturated carbocycles. The molecule has 0 radical (unpaired) electrons. The van der Waals surface area contributed by atoms with Gasteiger partial charge in [-0.25, -0.2) is 15.0 Å². The SMILES string of the molecule is OCc1ccc(N2CCC(c3ccc(Nc4ncc(C(F)(F)F)c(N5OCC[C@H]5c5ccccc5)n4)nc3)CC2)cc1. The van der Waals surface area contributed by atoms with Crippen molar-refractivity contribution in [3.05, 3.63) is 101 Å². The van der Waals surface area contributed by atoms with E-state index >= 15 is 0 Å². The highest BCUT2D eigenvalue weighted by molar-refractivity contribution is 5.56. The van der Waals surface area contributed by atoms with Crippen molar-refractivity contribution in [2.24, 2.45) is 0 Å². The number of piperidine rings is 1. The standard InChI is InChI=1S/C31H31F3N6O2/c32-31(33,34)26-19-36-30(38-29(26)40-27(14-17-42-40)23-4-2-1-3-5-23)37-28-11-8-24(18-35-28)22-12-15-39(16-13-22)25-9-6-21(20-41)7-10-25/h1-11,18-19,22,27,41H,12-17,20H2,(H,35,36,37,38)/t27-/m0/s1. The van der Waals surface area contributed by atoms with Gasteiger partial charge in [0.25, 0.3) is 0 Å². The van der Waals surface area contributed by atoms with Gasteiger partial charge in [-0.05, 0) is 53.6 Å². The van der Waals surface area contributed by atoms with Gasteiger partial charge < -0.3 is 15.3 Å². The van der Waals surface area contributed by atoms with Crippen LogP contribution in [0.5, 0.6) is 0 Å². The summed E-state index contributed by atoms with van der Waals surface area (Å²) in [6, 6.07) is 20.6. The summed E-state index contributed by atoms with van der Waals surface area (Å²) >= 11 is 0. The van der Waals surface area contributed by atoms with Gasteiger partial charge in [-0.15, -0.1) is 0 Å². The molecular formula is C31H31F3N6O2. The molecule has 2 saturated heterocycles. The van der Waals surface area contributed by atoms with Crippen molar-refractivity contribution >= 4 is 23.3 Å². The monoisotopic (exact) mass is 576 g/mol. The summed E-state index contributed by atoms with van der Waals surface area (Å²) in [5.41, 5.74) is 3.04. The van der Waals surface area contributed by atoms with Crippen LogP contribution in [0.4, 0.5) is 36.4 Å². The van der Waals surface area contributed by atoms with Crippen LogP contribution in [0, 0.1) is 0 Å². The molecule has 1 atom stereocenters. The van der Waals surface area contributed by atoms with Gasteiger partial charge in [0.05, 0.1) is 19.3 Å². The van der Waals surface area contributed by atoms with Gasteiger partial charge >= 0.3 is 6.18 Å². The lowest BCUT2D eigenvalue weighted by Gasteiger charge is -2.33. The minimum atomic E-state index is -4.65. The second-order valence-corrected chi connectivity index (χ2v) is 10.5. The largest absolute Gasteiger partial charge is 0.421 e. The highest BCUT2D eigenvalue weighted by Crippen LogP contribution is 2.41. The molecule has 2 aromatic carbocycles. The van der Waals surface area contributed by atoms with Gasteiger partial charge in [-0.1, -0.05) is 48.5 Å². The Balaban J connectivity index is 1.15. The van der Waals surface area contributed by atoms with Gasteiger partial charge in [-0.3, -0.25) is 4.84 Å². The average Bonchev–Trinajstić information content (AvgIpc) is 3.52. The molecular weight excluding hydrogens is 545 g/mol. The smallest absolute Gasteiger partial charge is 0.392 e. The Morgan fingerprint density at radius 2 is 1.64 bits per heavy atom. The number of nitrogens with one attached hydrogen (secondary N) is 1. The summed E-state index contributed by atoms with van der Waals surface area (Å²) in [4.78, 5) is 20.7. The molecule has 0 unspecified atom stereocenters. The zero-order chi connectivity index (χ0) is 29.1. The Labute approximate surface area is 241 Å². The van der Waals surface area contributed by atoms with E-state index in [4.69, 9.17) is 4.84 Å². The third-order valence-corrected chi connectivity index (χ3v) is 7.85. The lowest BCUT2D eigenvalue weighted by Crippen LogP contribution is -2.32. The number of aliphatic hydroxyl groups is 1. The van der Waals surface area contributed by atoms with Crippen LogP contribution in [-0.2, 0) is 17.6 Å². The normalized spacial score (nSPS) is 18.0. The van der Waals surface area contributed by atoms with Crippen LogP contribution in [-0.4, -0.2) is 39.8 Å². The summed E-state index contributed by atoms with van der Waals surface area (Å²) in [7, 11) is 0. The Hall–Kier alpha value is -4.22. The maximum atomic E-state index is 14.0. The van der Waals surface area contributed by atoms with Crippen LogP contribution in [0.2, 0.25) is 0 Å². The van der Waals surface area contributed by atoms with Crippen LogP contribution >= 0.6 is 0 Å². The summed E-state index contributed by atoms with van der Waals surface area (Å²) in [5.74, 6) is 0.463. The van der Waals surface area contributed by atoms with Gasteiger partial charge in [-0.2, -0.15) is 18.2 Å². The van der Waals surface area contributed by atoms with E-state index in [1.54, 1.807) is 12.3 Å². The van der Waals surface area contributed by atoms with E-state index in [0.717, 1.165) is 54.5 Å². The Morgan fingerprint density at radius 3 is 2.31 bits per heavy atom. The first-order valence-electron chi connectivity index (χ1n) is 14.0. The minimum absolute atomic E-state index is 0.00101. The number of rotatable bonds is 7. The van der Waals surface area contributed by atoms with E-state index in [-0.39, 0.29) is 25.0 Å². The number of aromatic nitrogens is 3. The Kier molecular flexibility index (Phi) is 7.94. The van der Waals surface area contributed by atoms with E-state index in [2.05, 4.69) is 25.2 Å². The highest BCUT2D eigenvalue weighted by atomic mass is 19.4. The first-order valence-corrected chi connectivity index (χ1v) is 14.0. The predicted octanol–water partition coefficient (Wildman–Crippen LogP) is 6.39. The molecule has 0 bridgehead atoms. The number of nitrogens with zero attached hydrogens (tertiary/aromatic N) is 5. The van der Waals surface area contributed by atoms with Crippen LogP contribution in [0.1, 0.15) is 53.5 Å². The van der Waals surface area contributed by atoms with Crippen molar-refractivity contribution in [2.75, 3.05) is 35.0 Å². The zero-order valence-corrected chi connectivity index (χ0v) is 22.8. The molecule has 0 spiro atoms. The van der Waals surface area contributed by atoms with E-state index in [1.165, 1.54) is 5.06 Å². The molecule has 11 heteroatoms. The van der Waals surface area contributed by atoms with Crippen molar-refractivity contribution in [1.82, 2.24) is 15.0 Å². The number of anilines is 4. The summed E-state index contributed by atoms with van der Waals surface area (Å²) < 4.78 is 41.9. The first-order chi connectivity index (χ1) is 20.4. The van der Waals surface area contributed by atoms with Crippen LogP contribution in [0.3, 0.4) is 0 Å². The topological polar surface area (TPSA) is 86.6 Å². The third-order valence-electron chi connectivity index (χ3n) is 7.85. The van der Waals surface area contributed by atoms with Crippen molar-refractivity contribution in [3.63, 3.8) is 0 Å².